The third-order valence-corrected chi connectivity index (χ3v) is 4.35. The van der Waals surface area contributed by atoms with Gasteiger partial charge in [-0.1, -0.05) is 15.9 Å². The van der Waals surface area contributed by atoms with E-state index in [0.29, 0.717) is 5.56 Å². The highest BCUT2D eigenvalue weighted by Crippen LogP contribution is 2.29. The molecule has 116 valence electrons. The summed E-state index contributed by atoms with van der Waals surface area (Å²) in [4.78, 5) is 14.9. The first-order chi connectivity index (χ1) is 9.70. The maximum Gasteiger partial charge on any atom is 0.405 e. The van der Waals surface area contributed by atoms with Crippen molar-refractivity contribution in [3.63, 3.8) is 0 Å². The second kappa shape index (κ2) is 5.96. The van der Waals surface area contributed by atoms with Crippen molar-refractivity contribution in [2.45, 2.75) is 25.2 Å². The zero-order valence-electron chi connectivity index (χ0n) is 11.7. The molecule has 1 aliphatic heterocycles. The lowest BCUT2D eigenvalue weighted by Gasteiger charge is -2.44. The summed E-state index contributed by atoms with van der Waals surface area (Å²) in [6.45, 7) is 1.65. The minimum Gasteiger partial charge on any atom is -0.335 e. The number of nitrogens with zero attached hydrogens (tertiary/aromatic N) is 2. The number of likely N-dealkylation sites (N-methyl/N-ethyl adjacent to an activating group) is 1. The zero-order chi connectivity index (χ0) is 15.8. The quantitative estimate of drug-likeness (QED) is 0.764. The predicted octanol–water partition coefficient (Wildman–Crippen LogP) is 3.16. The number of piperazine rings is 1. The summed E-state index contributed by atoms with van der Waals surface area (Å²) in [6.07, 6.45) is -4.35. The number of carbonyl (C=O) groups is 1. The second-order valence-electron chi connectivity index (χ2n) is 5.29. The standard InChI is InChI=1S/C14H16BrF3N2O/c1-9-7-20(8-12(19(9)2)14(16,17)18)13(21)10-3-5-11(15)6-4-10/h3-6,9,12H,7-8H2,1-2H3. The molecule has 2 rings (SSSR count). The first-order valence-corrected chi connectivity index (χ1v) is 7.33. The minimum absolute atomic E-state index is 0.290. The van der Waals surface area contributed by atoms with Crippen LogP contribution in [0.25, 0.3) is 0 Å². The van der Waals surface area contributed by atoms with E-state index in [0.717, 1.165) is 4.47 Å². The Morgan fingerprint density at radius 1 is 1.24 bits per heavy atom. The van der Waals surface area contributed by atoms with Gasteiger partial charge in [-0.05, 0) is 38.2 Å². The number of alkyl halides is 3. The molecule has 1 amide bonds. The molecule has 0 aromatic heterocycles. The second-order valence-corrected chi connectivity index (χ2v) is 6.20. The highest BCUT2D eigenvalue weighted by molar-refractivity contribution is 9.10. The molecule has 1 aliphatic rings. The zero-order valence-corrected chi connectivity index (χ0v) is 13.3. The molecule has 1 aromatic rings. The summed E-state index contributed by atoms with van der Waals surface area (Å²) in [6, 6.07) is 4.66. The lowest BCUT2D eigenvalue weighted by atomic mass is 10.1. The van der Waals surface area contributed by atoms with Crippen LogP contribution < -0.4 is 0 Å². The molecule has 0 radical (unpaired) electrons. The number of rotatable bonds is 1. The van der Waals surface area contributed by atoms with E-state index in [4.69, 9.17) is 0 Å². The van der Waals surface area contributed by atoms with Gasteiger partial charge in [0.05, 0.1) is 0 Å². The summed E-state index contributed by atoms with van der Waals surface area (Å²) in [5.41, 5.74) is 0.399. The summed E-state index contributed by atoms with van der Waals surface area (Å²) in [7, 11) is 1.45. The fourth-order valence-corrected chi connectivity index (χ4v) is 2.71. The van der Waals surface area contributed by atoms with Gasteiger partial charge in [0.15, 0.2) is 0 Å². The molecule has 2 atom stereocenters. The number of hydrogen-bond acceptors (Lipinski definition) is 2. The van der Waals surface area contributed by atoms with Gasteiger partial charge in [-0.2, -0.15) is 13.2 Å². The van der Waals surface area contributed by atoms with Crippen LogP contribution in [0.5, 0.6) is 0 Å². The number of carbonyl (C=O) groups excluding carboxylic acids is 1. The maximum atomic E-state index is 13.1. The summed E-state index contributed by atoms with van der Waals surface area (Å²) >= 11 is 3.26. The third-order valence-electron chi connectivity index (χ3n) is 3.82. The van der Waals surface area contributed by atoms with Crippen molar-refractivity contribution < 1.29 is 18.0 Å². The molecule has 1 saturated heterocycles. The third kappa shape index (κ3) is 3.58. The molecule has 0 bridgehead atoms. The van der Waals surface area contributed by atoms with Crippen molar-refractivity contribution in [3.05, 3.63) is 34.3 Å². The van der Waals surface area contributed by atoms with Gasteiger partial charge in [0.25, 0.3) is 5.91 Å². The number of halogens is 4. The summed E-state index contributed by atoms with van der Waals surface area (Å²) < 4.78 is 40.0. The predicted molar refractivity (Wildman–Crippen MR) is 77.1 cm³/mol. The van der Waals surface area contributed by atoms with E-state index in [9.17, 15) is 18.0 Å². The van der Waals surface area contributed by atoms with E-state index in [2.05, 4.69) is 15.9 Å². The smallest absolute Gasteiger partial charge is 0.335 e. The largest absolute Gasteiger partial charge is 0.405 e. The van der Waals surface area contributed by atoms with E-state index in [1.807, 2.05) is 0 Å². The molecule has 1 aromatic carbocycles. The Labute approximate surface area is 129 Å². The van der Waals surface area contributed by atoms with Crippen LogP contribution in [0.15, 0.2) is 28.7 Å². The van der Waals surface area contributed by atoms with E-state index in [-0.39, 0.29) is 25.0 Å². The van der Waals surface area contributed by atoms with Crippen molar-refractivity contribution in [3.8, 4) is 0 Å². The van der Waals surface area contributed by atoms with Crippen molar-refractivity contribution in [1.82, 2.24) is 9.80 Å². The SMILES string of the molecule is CC1CN(C(=O)c2ccc(Br)cc2)CC(C(F)(F)F)N1C. The average Bonchev–Trinajstić information content (AvgIpc) is 2.40. The number of amides is 1. The van der Waals surface area contributed by atoms with Crippen LogP contribution in [0.1, 0.15) is 17.3 Å². The molecule has 0 aliphatic carbocycles. The van der Waals surface area contributed by atoms with Gasteiger partial charge < -0.3 is 4.90 Å². The van der Waals surface area contributed by atoms with E-state index in [1.165, 1.54) is 16.8 Å². The fourth-order valence-electron chi connectivity index (χ4n) is 2.44. The van der Waals surface area contributed by atoms with Crippen LogP contribution in [-0.4, -0.2) is 54.1 Å². The van der Waals surface area contributed by atoms with Crippen LogP contribution in [0.4, 0.5) is 13.2 Å². The maximum absolute atomic E-state index is 13.1. The van der Waals surface area contributed by atoms with Crippen LogP contribution >= 0.6 is 15.9 Å². The number of hydrogen-bond donors (Lipinski definition) is 0. The van der Waals surface area contributed by atoms with Crippen LogP contribution in [0.2, 0.25) is 0 Å². The van der Waals surface area contributed by atoms with Gasteiger partial charge in [-0.15, -0.1) is 0 Å². The van der Waals surface area contributed by atoms with E-state index < -0.39 is 12.2 Å². The highest BCUT2D eigenvalue weighted by Gasteiger charge is 2.47. The molecule has 0 spiro atoms. The lowest BCUT2D eigenvalue weighted by Crippen LogP contribution is -2.62. The molecule has 1 fully saturated rings. The molecule has 0 N–H and O–H groups in total. The van der Waals surface area contributed by atoms with Crippen LogP contribution in [-0.2, 0) is 0 Å². The Bertz CT molecular complexity index is 518. The van der Waals surface area contributed by atoms with Crippen molar-refractivity contribution in [2.24, 2.45) is 0 Å². The van der Waals surface area contributed by atoms with Crippen LogP contribution in [0, 0.1) is 0 Å². The fraction of sp³-hybridized carbons (Fsp3) is 0.500. The summed E-state index contributed by atoms with van der Waals surface area (Å²) in [5, 5.41) is 0. The van der Waals surface area contributed by atoms with Gasteiger partial charge in [-0.25, -0.2) is 0 Å². The molecule has 3 nitrogen and oxygen atoms in total. The monoisotopic (exact) mass is 364 g/mol. The van der Waals surface area contributed by atoms with Crippen LogP contribution in [0.3, 0.4) is 0 Å². The van der Waals surface area contributed by atoms with Gasteiger partial charge in [0.2, 0.25) is 0 Å². The van der Waals surface area contributed by atoms with Crippen molar-refractivity contribution in [2.75, 3.05) is 20.1 Å². The Morgan fingerprint density at radius 3 is 2.33 bits per heavy atom. The van der Waals surface area contributed by atoms with Gasteiger partial charge in [-0.3, -0.25) is 9.69 Å². The van der Waals surface area contributed by atoms with Gasteiger partial charge in [0.1, 0.15) is 6.04 Å². The van der Waals surface area contributed by atoms with Gasteiger partial charge in [0, 0.05) is 29.2 Å². The lowest BCUT2D eigenvalue weighted by molar-refractivity contribution is -0.197. The van der Waals surface area contributed by atoms with E-state index in [1.54, 1.807) is 31.2 Å². The summed E-state index contributed by atoms with van der Waals surface area (Å²) in [5.74, 6) is -0.364. The highest BCUT2D eigenvalue weighted by atomic mass is 79.9. The van der Waals surface area contributed by atoms with Crippen molar-refractivity contribution >= 4 is 21.8 Å². The molecule has 1 heterocycles. The molecule has 21 heavy (non-hydrogen) atoms. The Balaban J connectivity index is 2.20. The molecule has 7 heteroatoms. The molecule has 0 saturated carbocycles. The molecular weight excluding hydrogens is 349 g/mol. The first-order valence-electron chi connectivity index (χ1n) is 6.53. The Kier molecular flexibility index (Phi) is 4.63. The van der Waals surface area contributed by atoms with Crippen molar-refractivity contribution in [1.29, 1.82) is 0 Å². The Morgan fingerprint density at radius 2 is 1.81 bits per heavy atom. The first kappa shape index (κ1) is 16.3. The Hall–Kier alpha value is -1.08. The molecular formula is C14H16BrF3N2O. The van der Waals surface area contributed by atoms with Gasteiger partial charge >= 0.3 is 6.18 Å². The average molecular weight is 365 g/mol. The minimum atomic E-state index is -4.35. The van der Waals surface area contributed by atoms with E-state index >= 15 is 0 Å². The normalized spacial score (nSPS) is 24.2. The molecule has 2 unspecified atom stereocenters. The topological polar surface area (TPSA) is 23.6 Å². The number of benzene rings is 1.